The molecule has 0 radical (unpaired) electrons. The van der Waals surface area contributed by atoms with E-state index in [4.69, 9.17) is 10.6 Å². The number of hydrogen-bond donors (Lipinski definition) is 9. The standard InChI is InChI=1S/C23H28N10O13S2/c1-23(2,19(40)41)46-30-16(13-9-47-20(24)28-13)18(39)27-10(7-34)4-26-21(42)31-48(44,45)33-22(43)32(6-11(36)8-35)17(29-33)12-3-14(37)15(38)5-25-12/h3,5,7,9-11,35-36,38H,4,6,8H2,1-2H3,(H2,24,28)(H,25,37)(H,27,39)(H,40,41)(H2,26,31,42)/b30-16-/t10-,11+/m0/s1. The molecule has 0 unspecified atom stereocenters. The summed E-state index contributed by atoms with van der Waals surface area (Å²) in [5.74, 6) is -3.82. The Labute approximate surface area is 271 Å². The van der Waals surface area contributed by atoms with Gasteiger partial charge >= 0.3 is 27.9 Å². The summed E-state index contributed by atoms with van der Waals surface area (Å²) >= 11 is 0.901. The van der Waals surface area contributed by atoms with Gasteiger partial charge in [-0.25, -0.2) is 24.1 Å². The van der Waals surface area contributed by atoms with Crippen LogP contribution in [0.25, 0.3) is 11.5 Å². The third kappa shape index (κ3) is 8.78. The number of pyridine rings is 1. The monoisotopic (exact) mass is 716 g/mol. The number of carboxylic acids is 1. The van der Waals surface area contributed by atoms with Crippen molar-refractivity contribution in [2.45, 2.75) is 38.1 Å². The minimum Gasteiger partial charge on any atom is -0.503 e. The Balaban J connectivity index is 1.79. The zero-order valence-corrected chi connectivity index (χ0v) is 26.3. The van der Waals surface area contributed by atoms with Gasteiger partial charge in [0, 0.05) is 24.2 Å². The highest BCUT2D eigenvalue weighted by Gasteiger charge is 2.32. The van der Waals surface area contributed by atoms with E-state index in [1.807, 2.05) is 5.32 Å². The van der Waals surface area contributed by atoms with E-state index < -0.39 is 94.0 Å². The van der Waals surface area contributed by atoms with Crippen molar-refractivity contribution >= 4 is 56.6 Å². The van der Waals surface area contributed by atoms with Gasteiger partial charge in [0.25, 0.3) is 5.91 Å². The van der Waals surface area contributed by atoms with Gasteiger partial charge in [-0.3, -0.25) is 14.2 Å². The van der Waals surface area contributed by atoms with Crippen LogP contribution in [0.2, 0.25) is 0 Å². The molecule has 25 heteroatoms. The average Bonchev–Trinajstić information content (AvgIpc) is 3.59. The van der Waals surface area contributed by atoms with Crippen LogP contribution in [0.4, 0.5) is 9.93 Å². The van der Waals surface area contributed by atoms with Gasteiger partial charge in [-0.05, 0) is 13.8 Å². The van der Waals surface area contributed by atoms with Gasteiger partial charge in [-0.1, -0.05) is 9.24 Å². The van der Waals surface area contributed by atoms with E-state index in [0.29, 0.717) is 4.57 Å². The van der Waals surface area contributed by atoms with Crippen LogP contribution < -0.4 is 32.2 Å². The smallest absolute Gasteiger partial charge is 0.362 e. The molecule has 0 aliphatic carbocycles. The van der Waals surface area contributed by atoms with Gasteiger partial charge in [0.15, 0.2) is 22.4 Å². The average molecular weight is 717 g/mol. The number of nitrogens with one attached hydrogen (secondary N) is 4. The van der Waals surface area contributed by atoms with Crippen LogP contribution in [0, 0.1) is 0 Å². The molecule has 0 aliphatic heterocycles. The van der Waals surface area contributed by atoms with Crippen molar-refractivity contribution in [3.8, 4) is 17.3 Å². The first kappa shape index (κ1) is 36.8. The van der Waals surface area contributed by atoms with Gasteiger partial charge in [0.2, 0.25) is 11.0 Å². The largest absolute Gasteiger partial charge is 0.503 e. The van der Waals surface area contributed by atoms with Gasteiger partial charge in [0.05, 0.1) is 24.9 Å². The van der Waals surface area contributed by atoms with Crippen molar-refractivity contribution in [2.75, 3.05) is 18.9 Å². The van der Waals surface area contributed by atoms with Crippen LogP contribution in [0.1, 0.15) is 19.5 Å². The molecule has 3 heterocycles. The lowest BCUT2D eigenvalue weighted by atomic mass is 10.1. The third-order valence-electron chi connectivity index (χ3n) is 5.85. The molecule has 2 atom stereocenters. The Bertz CT molecular complexity index is 1960. The number of aldehydes is 1. The fourth-order valence-electron chi connectivity index (χ4n) is 3.33. The number of rotatable bonds is 15. The number of aliphatic hydroxyl groups excluding tert-OH is 2. The Morgan fingerprint density at radius 3 is 2.54 bits per heavy atom. The van der Waals surface area contributed by atoms with Crippen molar-refractivity contribution in [3.05, 3.63) is 44.0 Å². The fraction of sp³-hybridized carbons (Fsp3) is 0.348. The first-order valence-electron chi connectivity index (χ1n) is 13.1. The molecule has 3 aromatic heterocycles. The summed E-state index contributed by atoms with van der Waals surface area (Å²) in [5, 5.41) is 50.4. The molecule has 0 saturated carbocycles. The number of carboxylic acid groups (broad SMARTS) is 1. The number of carbonyl (C=O) groups is 4. The summed E-state index contributed by atoms with van der Waals surface area (Å²) in [4.78, 5) is 84.6. The third-order valence-corrected chi connectivity index (χ3v) is 7.66. The number of nitrogen functional groups attached to an aromatic ring is 1. The molecule has 0 bridgehead atoms. The van der Waals surface area contributed by atoms with Crippen molar-refractivity contribution in [2.24, 2.45) is 5.16 Å². The summed E-state index contributed by atoms with van der Waals surface area (Å²) in [6, 6.07) is -2.29. The number of carbonyl (C=O) groups excluding carboxylic acids is 3. The summed E-state index contributed by atoms with van der Waals surface area (Å²) in [6.07, 6.45) is -0.613. The molecule has 23 nitrogen and oxygen atoms in total. The zero-order chi connectivity index (χ0) is 36.0. The summed E-state index contributed by atoms with van der Waals surface area (Å²) in [5.41, 5.74) is 0.277. The van der Waals surface area contributed by atoms with E-state index in [2.05, 4.69) is 25.5 Å². The van der Waals surface area contributed by atoms with E-state index in [1.54, 1.807) is 0 Å². The lowest BCUT2D eigenvalue weighted by molar-refractivity contribution is -0.161. The molecule has 260 valence electrons. The molecule has 48 heavy (non-hydrogen) atoms. The summed E-state index contributed by atoms with van der Waals surface area (Å²) < 4.78 is 27.7. The first-order valence-corrected chi connectivity index (χ1v) is 15.4. The van der Waals surface area contributed by atoms with Crippen molar-refractivity contribution in [1.82, 2.24) is 39.1 Å². The second-order valence-electron chi connectivity index (χ2n) is 9.94. The minimum atomic E-state index is -5.17. The number of oxime groups is 1. The van der Waals surface area contributed by atoms with E-state index in [0.717, 1.165) is 37.4 Å². The van der Waals surface area contributed by atoms with Gasteiger partial charge < -0.3 is 51.4 Å². The molecule has 0 fully saturated rings. The SMILES string of the molecule is CC(C)(O/N=C(\C(=O)N[C@H](C=O)CNC(=O)NS(=O)(=O)n1nc(-c2cc(=O)c(O)c[nH]2)n(C[C@@H](O)CO)c1=O)c1csc(N)n1)C(=O)O. The maximum atomic E-state index is 13.0. The van der Waals surface area contributed by atoms with Crippen molar-refractivity contribution < 1.29 is 52.9 Å². The Kier molecular flexibility index (Phi) is 11.4. The Morgan fingerprint density at radius 1 is 1.29 bits per heavy atom. The number of H-pyrrole nitrogens is 1. The minimum absolute atomic E-state index is 0.00599. The number of nitrogens with zero attached hydrogens (tertiary/aromatic N) is 5. The van der Waals surface area contributed by atoms with E-state index in [-0.39, 0.29) is 26.9 Å². The molecule has 3 aromatic rings. The lowest BCUT2D eigenvalue weighted by Crippen LogP contribution is -2.51. The van der Waals surface area contributed by atoms with Gasteiger partial charge in [0.1, 0.15) is 18.0 Å². The number of aromatic amines is 1. The predicted octanol–water partition coefficient (Wildman–Crippen LogP) is -4.14. The Morgan fingerprint density at radius 2 is 1.98 bits per heavy atom. The summed E-state index contributed by atoms with van der Waals surface area (Å²) in [7, 11) is -5.17. The fourth-order valence-corrected chi connectivity index (χ4v) is 4.76. The number of hydrogen-bond acceptors (Lipinski definition) is 17. The topological polar surface area (TPSA) is 353 Å². The molecular formula is C23H28N10O13S2. The van der Waals surface area contributed by atoms with Crippen LogP contribution in [0.15, 0.2) is 32.4 Å². The number of thiazole rings is 1. The second-order valence-corrected chi connectivity index (χ2v) is 12.3. The van der Waals surface area contributed by atoms with E-state index in [9.17, 15) is 57.6 Å². The maximum absolute atomic E-state index is 13.0. The van der Waals surface area contributed by atoms with Crippen LogP contribution in [0.5, 0.6) is 5.75 Å². The second kappa shape index (κ2) is 14.8. The first-order chi connectivity index (χ1) is 22.4. The molecule has 0 aromatic carbocycles. The van der Waals surface area contributed by atoms with Crippen molar-refractivity contribution in [1.29, 1.82) is 0 Å². The van der Waals surface area contributed by atoms with Gasteiger partial charge in [-0.2, -0.15) is 8.42 Å². The maximum Gasteiger partial charge on any atom is 0.362 e. The number of aromatic nitrogens is 5. The highest BCUT2D eigenvalue weighted by atomic mass is 32.2. The number of urea groups is 1. The summed E-state index contributed by atoms with van der Waals surface area (Å²) in [6.45, 7) is -0.0329. The molecule has 10 N–H and O–H groups in total. The number of aliphatic carboxylic acids is 1. The normalized spacial score (nSPS) is 13.3. The van der Waals surface area contributed by atoms with Crippen LogP contribution >= 0.6 is 11.3 Å². The number of aliphatic hydroxyl groups is 2. The molecule has 3 amide bonds. The Hall–Kier alpha value is -5.66. The lowest BCUT2D eigenvalue weighted by Gasteiger charge is -2.18. The number of nitrogens with two attached hydrogens (primary N) is 1. The van der Waals surface area contributed by atoms with Crippen LogP contribution in [-0.2, 0) is 36.0 Å². The van der Waals surface area contributed by atoms with Crippen LogP contribution in [0.3, 0.4) is 0 Å². The quantitative estimate of drug-likeness (QED) is 0.0409. The molecule has 0 spiro atoms. The molecule has 0 aliphatic rings. The molecular weight excluding hydrogens is 688 g/mol. The predicted molar refractivity (Wildman–Crippen MR) is 162 cm³/mol. The molecule has 0 saturated heterocycles. The van der Waals surface area contributed by atoms with E-state index >= 15 is 0 Å². The highest BCUT2D eigenvalue weighted by Crippen LogP contribution is 2.16. The number of amides is 3. The number of anilines is 1. The zero-order valence-electron chi connectivity index (χ0n) is 24.7. The van der Waals surface area contributed by atoms with E-state index in [1.165, 1.54) is 10.1 Å². The van der Waals surface area contributed by atoms with Crippen LogP contribution in [-0.4, -0.2) is 113 Å². The van der Waals surface area contributed by atoms with Crippen molar-refractivity contribution in [3.63, 3.8) is 0 Å². The highest BCUT2D eigenvalue weighted by molar-refractivity contribution is 7.88. The number of aromatic hydroxyl groups is 1. The molecule has 3 rings (SSSR count). The van der Waals surface area contributed by atoms with Gasteiger partial charge in [-0.15, -0.1) is 16.4 Å².